The predicted octanol–water partition coefficient (Wildman–Crippen LogP) is -0.291. The second-order valence-electron chi connectivity index (χ2n) is 5.47. The summed E-state index contributed by atoms with van der Waals surface area (Å²) >= 11 is 1.65. The quantitative estimate of drug-likeness (QED) is 0.660. The minimum absolute atomic E-state index is 0.00195. The lowest BCUT2D eigenvalue weighted by Gasteiger charge is -2.27. The van der Waals surface area contributed by atoms with E-state index in [1.165, 1.54) is 0 Å². The van der Waals surface area contributed by atoms with E-state index in [1.807, 2.05) is 6.92 Å². The first-order valence-electron chi connectivity index (χ1n) is 7.80. The molecule has 2 amide bonds. The predicted molar refractivity (Wildman–Crippen MR) is 85.2 cm³/mol. The third-order valence-electron chi connectivity index (χ3n) is 3.97. The third kappa shape index (κ3) is 4.86. The van der Waals surface area contributed by atoms with E-state index >= 15 is 0 Å². The Morgan fingerprint density at radius 1 is 1.33 bits per heavy atom. The summed E-state index contributed by atoms with van der Waals surface area (Å²) in [5, 5.41) is 6.31. The number of carbonyl (C=O) groups excluding carboxylic acids is 2. The van der Waals surface area contributed by atoms with Gasteiger partial charge in [0, 0.05) is 44.9 Å². The lowest BCUT2D eigenvalue weighted by molar-refractivity contribution is -0.137. The molecule has 0 spiro atoms. The van der Waals surface area contributed by atoms with Crippen LogP contribution in [0.2, 0.25) is 0 Å². The van der Waals surface area contributed by atoms with Crippen LogP contribution in [0, 0.1) is 0 Å². The van der Waals surface area contributed by atoms with E-state index in [9.17, 15) is 9.59 Å². The van der Waals surface area contributed by atoms with Gasteiger partial charge < -0.3 is 20.4 Å². The summed E-state index contributed by atoms with van der Waals surface area (Å²) in [7, 11) is 0. The van der Waals surface area contributed by atoms with E-state index in [-0.39, 0.29) is 17.9 Å². The van der Waals surface area contributed by atoms with E-state index in [0.29, 0.717) is 18.8 Å². The fraction of sp³-hybridized carbons (Fsp3) is 0.857. The number of hydrogen-bond donors (Lipinski definition) is 2. The van der Waals surface area contributed by atoms with Crippen molar-refractivity contribution in [2.45, 2.75) is 25.8 Å². The molecule has 0 aliphatic carbocycles. The molecule has 7 heteroatoms. The Hall–Kier alpha value is -0.790. The Morgan fingerprint density at radius 2 is 2.10 bits per heavy atom. The van der Waals surface area contributed by atoms with Crippen LogP contribution >= 0.6 is 11.8 Å². The van der Waals surface area contributed by atoms with Crippen molar-refractivity contribution < 1.29 is 9.59 Å². The first-order chi connectivity index (χ1) is 10.2. The van der Waals surface area contributed by atoms with Crippen molar-refractivity contribution in [2.24, 2.45) is 0 Å². The van der Waals surface area contributed by atoms with Crippen molar-refractivity contribution in [1.29, 1.82) is 0 Å². The normalized spacial score (nSPS) is 23.3. The second kappa shape index (κ2) is 8.60. The zero-order valence-corrected chi connectivity index (χ0v) is 13.6. The summed E-state index contributed by atoms with van der Waals surface area (Å²) in [6.45, 7) is 7.85. The van der Waals surface area contributed by atoms with Crippen molar-refractivity contribution in [3.05, 3.63) is 0 Å². The molecule has 2 N–H and O–H groups in total. The molecule has 0 bridgehead atoms. The monoisotopic (exact) mass is 314 g/mol. The molecule has 6 nitrogen and oxygen atoms in total. The molecule has 0 aromatic carbocycles. The Morgan fingerprint density at radius 3 is 2.81 bits per heavy atom. The molecule has 0 aromatic rings. The number of hydrogen-bond acceptors (Lipinski definition) is 5. The van der Waals surface area contributed by atoms with Gasteiger partial charge in [-0.05, 0) is 13.0 Å². The third-order valence-corrected chi connectivity index (χ3v) is 4.98. The van der Waals surface area contributed by atoms with Gasteiger partial charge in [0.1, 0.15) is 6.04 Å². The van der Waals surface area contributed by atoms with E-state index in [1.54, 1.807) is 16.7 Å². The molecule has 21 heavy (non-hydrogen) atoms. The standard InChI is InChI=1S/C14H26N4O2S/c1-2-13(19)18-11-21-10-12(18)14(20)16-4-3-7-17-8-5-15-6-9-17/h12,15H,2-11H2,1H3,(H,16,20). The summed E-state index contributed by atoms with van der Waals surface area (Å²) < 4.78 is 0. The van der Waals surface area contributed by atoms with Gasteiger partial charge in [0.2, 0.25) is 11.8 Å². The SMILES string of the molecule is CCC(=O)N1CSCC1C(=O)NCCCN1CCNCC1. The van der Waals surface area contributed by atoms with Gasteiger partial charge in [-0.15, -0.1) is 11.8 Å². The van der Waals surface area contributed by atoms with Crippen LogP contribution in [0.4, 0.5) is 0 Å². The highest BCUT2D eigenvalue weighted by Crippen LogP contribution is 2.21. The molecule has 120 valence electrons. The molecule has 2 fully saturated rings. The van der Waals surface area contributed by atoms with E-state index in [4.69, 9.17) is 0 Å². The van der Waals surface area contributed by atoms with Crippen molar-refractivity contribution in [2.75, 3.05) is 50.9 Å². The lowest BCUT2D eigenvalue weighted by Crippen LogP contribution is -2.48. The van der Waals surface area contributed by atoms with Crippen LogP contribution in [0.5, 0.6) is 0 Å². The van der Waals surface area contributed by atoms with Gasteiger partial charge in [-0.25, -0.2) is 0 Å². The average Bonchev–Trinajstić information content (AvgIpc) is 3.01. The van der Waals surface area contributed by atoms with E-state index < -0.39 is 0 Å². The summed E-state index contributed by atoms with van der Waals surface area (Å²) in [5.74, 6) is 1.43. The smallest absolute Gasteiger partial charge is 0.243 e. The Labute approximate surface area is 131 Å². The van der Waals surface area contributed by atoms with Crippen LogP contribution in [0.15, 0.2) is 0 Å². The van der Waals surface area contributed by atoms with Gasteiger partial charge in [0.05, 0.1) is 5.88 Å². The molecule has 2 heterocycles. The number of nitrogens with one attached hydrogen (secondary N) is 2. The Balaban J connectivity index is 1.65. The number of amides is 2. The summed E-state index contributed by atoms with van der Waals surface area (Å²) in [5.41, 5.74) is 0. The van der Waals surface area contributed by atoms with Gasteiger partial charge in [0.25, 0.3) is 0 Å². The molecule has 2 rings (SSSR count). The fourth-order valence-electron chi connectivity index (χ4n) is 2.68. The first kappa shape index (κ1) is 16.6. The number of thioether (sulfide) groups is 1. The highest BCUT2D eigenvalue weighted by Gasteiger charge is 2.33. The number of nitrogens with zero attached hydrogens (tertiary/aromatic N) is 2. The van der Waals surface area contributed by atoms with Crippen LogP contribution in [0.3, 0.4) is 0 Å². The number of piperazine rings is 1. The molecular weight excluding hydrogens is 288 g/mol. The maximum atomic E-state index is 12.2. The van der Waals surface area contributed by atoms with Crippen LogP contribution in [-0.2, 0) is 9.59 Å². The zero-order chi connectivity index (χ0) is 15.1. The molecule has 0 aromatic heterocycles. The second-order valence-corrected chi connectivity index (χ2v) is 6.47. The maximum Gasteiger partial charge on any atom is 0.243 e. The lowest BCUT2D eigenvalue weighted by atomic mass is 10.2. The largest absolute Gasteiger partial charge is 0.354 e. The van der Waals surface area contributed by atoms with Crippen molar-refractivity contribution >= 4 is 23.6 Å². The zero-order valence-electron chi connectivity index (χ0n) is 12.8. The number of rotatable bonds is 6. The van der Waals surface area contributed by atoms with E-state index in [2.05, 4.69) is 15.5 Å². The molecule has 0 saturated carbocycles. The van der Waals surface area contributed by atoms with E-state index in [0.717, 1.165) is 44.9 Å². The van der Waals surface area contributed by atoms with Gasteiger partial charge in [-0.3, -0.25) is 9.59 Å². The van der Waals surface area contributed by atoms with Crippen LogP contribution in [0.1, 0.15) is 19.8 Å². The summed E-state index contributed by atoms with van der Waals surface area (Å²) in [4.78, 5) is 28.1. The molecular formula is C14H26N4O2S. The summed E-state index contributed by atoms with van der Waals surface area (Å²) in [6, 6.07) is -0.276. The van der Waals surface area contributed by atoms with Gasteiger partial charge in [-0.2, -0.15) is 0 Å². The highest BCUT2D eigenvalue weighted by molar-refractivity contribution is 7.99. The van der Waals surface area contributed by atoms with Gasteiger partial charge in [-0.1, -0.05) is 6.92 Å². The molecule has 0 radical (unpaired) electrons. The number of carbonyl (C=O) groups is 2. The van der Waals surface area contributed by atoms with Crippen LogP contribution in [-0.4, -0.2) is 78.6 Å². The minimum atomic E-state index is -0.276. The van der Waals surface area contributed by atoms with Crippen molar-refractivity contribution in [3.63, 3.8) is 0 Å². The van der Waals surface area contributed by atoms with Gasteiger partial charge >= 0.3 is 0 Å². The molecule has 2 aliphatic heterocycles. The van der Waals surface area contributed by atoms with Crippen LogP contribution in [0.25, 0.3) is 0 Å². The average molecular weight is 314 g/mol. The molecule has 1 atom stereocenters. The van der Waals surface area contributed by atoms with Crippen LogP contribution < -0.4 is 10.6 Å². The highest BCUT2D eigenvalue weighted by atomic mass is 32.2. The molecule has 2 aliphatic rings. The van der Waals surface area contributed by atoms with Gasteiger partial charge in [0.15, 0.2) is 0 Å². The topological polar surface area (TPSA) is 64.7 Å². The first-order valence-corrected chi connectivity index (χ1v) is 8.96. The molecule has 1 unspecified atom stereocenters. The van der Waals surface area contributed by atoms with Crippen molar-refractivity contribution in [1.82, 2.24) is 20.4 Å². The maximum absolute atomic E-state index is 12.2. The Kier molecular flexibility index (Phi) is 6.79. The Bertz CT molecular complexity index is 361. The summed E-state index contributed by atoms with van der Waals surface area (Å²) in [6.07, 6.45) is 1.43. The fourth-order valence-corrected chi connectivity index (χ4v) is 3.86. The minimum Gasteiger partial charge on any atom is -0.354 e. The molecule has 2 saturated heterocycles. The van der Waals surface area contributed by atoms with Crippen molar-refractivity contribution in [3.8, 4) is 0 Å².